The molecule has 2 aliphatic rings. The quantitative estimate of drug-likeness (QED) is 0.829. The van der Waals surface area contributed by atoms with E-state index in [1.54, 1.807) is 18.3 Å². The van der Waals surface area contributed by atoms with E-state index < -0.39 is 0 Å². The molecular weight excluding hydrogens is 266 g/mol. The summed E-state index contributed by atoms with van der Waals surface area (Å²) < 4.78 is 0. The van der Waals surface area contributed by atoms with Crippen LogP contribution in [0.1, 0.15) is 36.2 Å². The summed E-state index contributed by atoms with van der Waals surface area (Å²) in [5.41, 5.74) is 0.483. The smallest absolute Gasteiger partial charge is 0.272 e. The molecule has 2 fully saturated rings. The first-order valence-corrected chi connectivity index (χ1v) is 7.75. The third-order valence-corrected chi connectivity index (χ3v) is 4.43. The molecule has 1 saturated heterocycles. The van der Waals surface area contributed by atoms with Crippen LogP contribution in [0.2, 0.25) is 0 Å². The van der Waals surface area contributed by atoms with Crippen molar-refractivity contribution in [1.29, 1.82) is 0 Å². The number of rotatable bonds is 2. The topological polar surface area (TPSA) is 53.5 Å². The Hall–Kier alpha value is -1.91. The normalized spacial score (nSPS) is 19.8. The lowest BCUT2D eigenvalue weighted by Gasteiger charge is -2.31. The summed E-state index contributed by atoms with van der Waals surface area (Å²) in [6, 6.07) is 5.37. The molecule has 1 aromatic heterocycles. The Labute approximate surface area is 124 Å². The Morgan fingerprint density at radius 2 is 1.76 bits per heavy atom. The Morgan fingerprint density at radius 1 is 1.00 bits per heavy atom. The van der Waals surface area contributed by atoms with Crippen molar-refractivity contribution in [3.8, 4) is 0 Å². The monoisotopic (exact) mass is 287 g/mol. The minimum Gasteiger partial charge on any atom is -0.341 e. The van der Waals surface area contributed by atoms with Crippen molar-refractivity contribution in [2.75, 3.05) is 26.2 Å². The fourth-order valence-corrected chi connectivity index (χ4v) is 2.91. The first kappa shape index (κ1) is 14.0. The number of pyridine rings is 1. The molecule has 0 radical (unpaired) electrons. The number of nitrogens with zero attached hydrogens (tertiary/aromatic N) is 3. The van der Waals surface area contributed by atoms with E-state index in [1.807, 2.05) is 15.9 Å². The van der Waals surface area contributed by atoms with Crippen LogP contribution in [0.25, 0.3) is 0 Å². The Kier molecular flexibility index (Phi) is 4.18. The summed E-state index contributed by atoms with van der Waals surface area (Å²) in [6.45, 7) is 2.72. The molecule has 5 nitrogen and oxygen atoms in total. The number of hydrogen-bond acceptors (Lipinski definition) is 3. The zero-order valence-electron chi connectivity index (χ0n) is 12.2. The zero-order valence-corrected chi connectivity index (χ0v) is 12.2. The van der Waals surface area contributed by atoms with Crippen molar-refractivity contribution in [1.82, 2.24) is 14.8 Å². The fourth-order valence-electron chi connectivity index (χ4n) is 2.91. The van der Waals surface area contributed by atoms with Gasteiger partial charge >= 0.3 is 0 Å². The molecule has 0 spiro atoms. The van der Waals surface area contributed by atoms with Gasteiger partial charge in [-0.05, 0) is 31.4 Å². The van der Waals surface area contributed by atoms with Gasteiger partial charge in [0.2, 0.25) is 5.91 Å². The van der Waals surface area contributed by atoms with E-state index in [9.17, 15) is 9.59 Å². The van der Waals surface area contributed by atoms with E-state index in [2.05, 4.69) is 4.98 Å². The lowest BCUT2D eigenvalue weighted by molar-refractivity contribution is -0.138. The molecule has 5 heteroatoms. The van der Waals surface area contributed by atoms with E-state index in [0.29, 0.717) is 25.3 Å². The van der Waals surface area contributed by atoms with E-state index in [-0.39, 0.29) is 17.7 Å². The lowest BCUT2D eigenvalue weighted by atomic mass is 9.84. The van der Waals surface area contributed by atoms with E-state index in [4.69, 9.17) is 0 Å². The molecule has 1 aliphatic carbocycles. The lowest BCUT2D eigenvalue weighted by Crippen LogP contribution is -2.41. The SMILES string of the molecule is O=C(c1ccccn1)N1CCCN(C(=O)C2CCC2)CC1. The van der Waals surface area contributed by atoms with Crippen molar-refractivity contribution in [2.24, 2.45) is 5.92 Å². The predicted molar refractivity (Wildman–Crippen MR) is 78.7 cm³/mol. The van der Waals surface area contributed by atoms with E-state index >= 15 is 0 Å². The molecule has 0 bridgehead atoms. The minimum atomic E-state index is -0.0338. The summed E-state index contributed by atoms with van der Waals surface area (Å²) in [5, 5.41) is 0. The van der Waals surface area contributed by atoms with Crippen molar-refractivity contribution in [2.45, 2.75) is 25.7 Å². The number of aromatic nitrogens is 1. The van der Waals surface area contributed by atoms with Gasteiger partial charge in [0.05, 0.1) is 0 Å². The van der Waals surface area contributed by atoms with Gasteiger partial charge in [0.15, 0.2) is 0 Å². The van der Waals surface area contributed by atoms with Gasteiger partial charge in [0, 0.05) is 38.3 Å². The van der Waals surface area contributed by atoms with Crippen LogP contribution in [0.3, 0.4) is 0 Å². The van der Waals surface area contributed by atoms with Gasteiger partial charge in [-0.2, -0.15) is 0 Å². The highest BCUT2D eigenvalue weighted by Gasteiger charge is 2.31. The Morgan fingerprint density at radius 3 is 2.43 bits per heavy atom. The molecule has 0 unspecified atom stereocenters. The van der Waals surface area contributed by atoms with E-state index in [1.165, 1.54) is 6.42 Å². The maximum absolute atomic E-state index is 12.4. The second-order valence-electron chi connectivity index (χ2n) is 5.81. The second kappa shape index (κ2) is 6.24. The van der Waals surface area contributed by atoms with Crippen LogP contribution < -0.4 is 0 Å². The number of amides is 2. The summed E-state index contributed by atoms with van der Waals surface area (Å²) in [5.74, 6) is 0.491. The predicted octanol–water partition coefficient (Wildman–Crippen LogP) is 1.56. The van der Waals surface area contributed by atoms with Crippen molar-refractivity contribution in [3.05, 3.63) is 30.1 Å². The van der Waals surface area contributed by atoms with Crippen molar-refractivity contribution >= 4 is 11.8 Å². The molecule has 0 atom stereocenters. The Bertz CT molecular complexity index is 514. The highest BCUT2D eigenvalue weighted by Crippen LogP contribution is 2.28. The highest BCUT2D eigenvalue weighted by molar-refractivity contribution is 5.92. The molecule has 1 aliphatic heterocycles. The van der Waals surface area contributed by atoms with Gasteiger partial charge in [-0.25, -0.2) is 0 Å². The third-order valence-electron chi connectivity index (χ3n) is 4.43. The summed E-state index contributed by atoms with van der Waals surface area (Å²) in [7, 11) is 0. The molecule has 0 aromatic carbocycles. The Balaban J connectivity index is 1.60. The molecule has 3 rings (SSSR count). The van der Waals surface area contributed by atoms with Gasteiger partial charge < -0.3 is 9.80 Å². The standard InChI is InChI=1S/C16H21N3O2/c20-15(13-5-3-6-13)18-9-4-10-19(12-11-18)16(21)14-7-1-2-8-17-14/h1-2,7-8,13H,3-6,9-12H2. The highest BCUT2D eigenvalue weighted by atomic mass is 16.2. The first-order chi connectivity index (χ1) is 10.3. The largest absolute Gasteiger partial charge is 0.341 e. The van der Waals surface area contributed by atoms with Crippen LogP contribution in [0, 0.1) is 5.92 Å². The maximum Gasteiger partial charge on any atom is 0.272 e. The summed E-state index contributed by atoms with van der Waals surface area (Å²) >= 11 is 0. The van der Waals surface area contributed by atoms with Crippen LogP contribution in [-0.2, 0) is 4.79 Å². The molecule has 0 N–H and O–H groups in total. The third kappa shape index (κ3) is 3.06. The summed E-state index contributed by atoms with van der Waals surface area (Å²) in [6.07, 6.45) is 5.72. The van der Waals surface area contributed by atoms with Gasteiger partial charge in [-0.3, -0.25) is 14.6 Å². The van der Waals surface area contributed by atoms with Crippen molar-refractivity contribution < 1.29 is 9.59 Å². The second-order valence-corrected chi connectivity index (χ2v) is 5.81. The van der Waals surface area contributed by atoms with Crippen LogP contribution in [-0.4, -0.2) is 52.8 Å². The first-order valence-electron chi connectivity index (χ1n) is 7.75. The van der Waals surface area contributed by atoms with Crippen molar-refractivity contribution in [3.63, 3.8) is 0 Å². The van der Waals surface area contributed by atoms with E-state index in [0.717, 1.165) is 25.8 Å². The molecule has 1 saturated carbocycles. The van der Waals surface area contributed by atoms with Gasteiger partial charge in [0.1, 0.15) is 5.69 Å². The minimum absolute atomic E-state index is 0.0338. The zero-order chi connectivity index (χ0) is 14.7. The average molecular weight is 287 g/mol. The van der Waals surface area contributed by atoms with Crippen LogP contribution >= 0.6 is 0 Å². The van der Waals surface area contributed by atoms with Crippen LogP contribution in [0.4, 0.5) is 0 Å². The van der Waals surface area contributed by atoms with Gasteiger partial charge in [-0.1, -0.05) is 12.5 Å². The molecule has 1 aromatic rings. The number of hydrogen-bond donors (Lipinski definition) is 0. The molecule has 2 heterocycles. The van der Waals surface area contributed by atoms with Crippen LogP contribution in [0.15, 0.2) is 24.4 Å². The van der Waals surface area contributed by atoms with Gasteiger partial charge in [0.25, 0.3) is 5.91 Å². The maximum atomic E-state index is 12.4. The molecular formula is C16H21N3O2. The van der Waals surface area contributed by atoms with Crippen LogP contribution in [0.5, 0.6) is 0 Å². The van der Waals surface area contributed by atoms with Gasteiger partial charge in [-0.15, -0.1) is 0 Å². The number of carbonyl (C=O) groups is 2. The number of carbonyl (C=O) groups excluding carboxylic acids is 2. The summed E-state index contributed by atoms with van der Waals surface area (Å²) in [4.78, 5) is 32.6. The fraction of sp³-hybridized carbons (Fsp3) is 0.562. The molecule has 2 amide bonds. The molecule has 21 heavy (non-hydrogen) atoms. The molecule has 112 valence electrons. The average Bonchev–Trinajstić information content (AvgIpc) is 2.71.